The van der Waals surface area contributed by atoms with Crippen LogP contribution in [0.25, 0.3) is 0 Å². The van der Waals surface area contributed by atoms with E-state index in [1.807, 2.05) is 0 Å². The molecule has 1 heterocycles. The number of rotatable bonds is 4. The second-order valence-corrected chi connectivity index (χ2v) is 3.90. The second-order valence-electron chi connectivity index (χ2n) is 3.90. The fourth-order valence-corrected chi connectivity index (χ4v) is 1.65. The molecule has 2 rings (SSSR count). The van der Waals surface area contributed by atoms with E-state index in [1.54, 1.807) is 36.5 Å². The van der Waals surface area contributed by atoms with E-state index < -0.39 is 11.0 Å². The Labute approximate surface area is 104 Å². The lowest BCUT2D eigenvalue weighted by Crippen LogP contribution is -2.03. The van der Waals surface area contributed by atoms with E-state index in [2.05, 4.69) is 4.98 Å². The van der Waals surface area contributed by atoms with Gasteiger partial charge in [-0.3, -0.25) is 15.1 Å². The Morgan fingerprint density at radius 1 is 1.22 bits per heavy atom. The highest BCUT2D eigenvalue weighted by molar-refractivity contribution is 5.33. The molecule has 0 spiro atoms. The molecule has 1 atom stereocenters. The lowest BCUT2D eigenvalue weighted by molar-refractivity contribution is -0.384. The summed E-state index contributed by atoms with van der Waals surface area (Å²) >= 11 is 0. The summed E-state index contributed by atoms with van der Waals surface area (Å²) in [6.45, 7) is 0. The summed E-state index contributed by atoms with van der Waals surface area (Å²) in [6, 6.07) is 11.5. The molecule has 0 fully saturated rings. The molecule has 0 radical (unpaired) electrons. The average molecular weight is 244 g/mol. The summed E-state index contributed by atoms with van der Waals surface area (Å²) in [5, 5.41) is 20.5. The Bertz CT molecular complexity index is 526. The fourth-order valence-electron chi connectivity index (χ4n) is 1.65. The number of aromatic nitrogens is 1. The maximum Gasteiger partial charge on any atom is 0.269 e. The number of aliphatic hydroxyl groups excluding tert-OH is 1. The van der Waals surface area contributed by atoms with E-state index in [0.717, 1.165) is 5.56 Å². The summed E-state index contributed by atoms with van der Waals surface area (Å²) in [6.07, 6.45) is 1.30. The highest BCUT2D eigenvalue weighted by Gasteiger charge is 2.10. The zero-order chi connectivity index (χ0) is 13.0. The van der Waals surface area contributed by atoms with Gasteiger partial charge in [-0.15, -0.1) is 0 Å². The van der Waals surface area contributed by atoms with E-state index in [0.29, 0.717) is 12.1 Å². The molecule has 1 unspecified atom stereocenters. The van der Waals surface area contributed by atoms with E-state index >= 15 is 0 Å². The number of aliphatic hydroxyl groups is 1. The van der Waals surface area contributed by atoms with Crippen LogP contribution < -0.4 is 0 Å². The monoisotopic (exact) mass is 244 g/mol. The smallest absolute Gasteiger partial charge is 0.269 e. The second kappa shape index (κ2) is 5.37. The van der Waals surface area contributed by atoms with E-state index in [-0.39, 0.29) is 5.69 Å². The number of hydrogen-bond donors (Lipinski definition) is 1. The van der Waals surface area contributed by atoms with Gasteiger partial charge in [0.05, 0.1) is 16.7 Å². The SMILES string of the molecule is O=[N+]([O-])c1ccc(CC(O)c2ccccn2)cc1. The van der Waals surface area contributed by atoms with Crippen molar-refractivity contribution in [2.24, 2.45) is 0 Å². The first-order chi connectivity index (χ1) is 8.66. The van der Waals surface area contributed by atoms with Crippen LogP contribution in [0.4, 0.5) is 5.69 Å². The van der Waals surface area contributed by atoms with E-state index in [4.69, 9.17) is 0 Å². The zero-order valence-corrected chi connectivity index (χ0v) is 9.56. The molecule has 1 N–H and O–H groups in total. The van der Waals surface area contributed by atoms with Crippen LogP contribution >= 0.6 is 0 Å². The number of benzene rings is 1. The minimum absolute atomic E-state index is 0.0473. The van der Waals surface area contributed by atoms with Gasteiger partial charge in [0.25, 0.3) is 5.69 Å². The van der Waals surface area contributed by atoms with Crippen molar-refractivity contribution in [1.82, 2.24) is 4.98 Å². The first-order valence-corrected chi connectivity index (χ1v) is 5.49. The van der Waals surface area contributed by atoms with Crippen LogP contribution in [0.1, 0.15) is 17.4 Å². The van der Waals surface area contributed by atoms with Gasteiger partial charge in [-0.1, -0.05) is 18.2 Å². The molecule has 0 aliphatic heterocycles. The first-order valence-electron chi connectivity index (χ1n) is 5.49. The Balaban J connectivity index is 2.08. The van der Waals surface area contributed by atoms with Crippen molar-refractivity contribution < 1.29 is 10.0 Å². The maximum atomic E-state index is 10.5. The number of pyridine rings is 1. The summed E-state index contributed by atoms with van der Waals surface area (Å²) in [5.74, 6) is 0. The zero-order valence-electron chi connectivity index (χ0n) is 9.56. The third-order valence-electron chi connectivity index (χ3n) is 2.61. The van der Waals surface area contributed by atoms with Gasteiger partial charge in [0.1, 0.15) is 0 Å². The molecule has 1 aromatic carbocycles. The lowest BCUT2D eigenvalue weighted by atomic mass is 10.1. The predicted octanol–water partition coefficient (Wildman–Crippen LogP) is 2.27. The largest absolute Gasteiger partial charge is 0.386 e. The Kier molecular flexibility index (Phi) is 3.64. The summed E-state index contributed by atoms with van der Waals surface area (Å²) in [4.78, 5) is 14.1. The van der Waals surface area contributed by atoms with E-state index in [1.165, 1.54) is 12.1 Å². The van der Waals surface area contributed by atoms with Crippen molar-refractivity contribution in [3.05, 3.63) is 70.0 Å². The highest BCUT2D eigenvalue weighted by atomic mass is 16.6. The molecule has 1 aromatic heterocycles. The molecule has 2 aromatic rings. The van der Waals surface area contributed by atoms with Gasteiger partial charge < -0.3 is 5.11 Å². The Morgan fingerprint density at radius 3 is 2.50 bits per heavy atom. The van der Waals surface area contributed by atoms with Crippen LogP contribution in [0.5, 0.6) is 0 Å². The Hall–Kier alpha value is -2.27. The summed E-state index contributed by atoms with van der Waals surface area (Å²) < 4.78 is 0. The fraction of sp³-hybridized carbons (Fsp3) is 0.154. The van der Waals surface area contributed by atoms with Crippen molar-refractivity contribution in [1.29, 1.82) is 0 Å². The summed E-state index contributed by atoms with van der Waals surface area (Å²) in [5.41, 5.74) is 1.47. The molecule has 5 heteroatoms. The van der Waals surface area contributed by atoms with Crippen molar-refractivity contribution in [2.75, 3.05) is 0 Å². The van der Waals surface area contributed by atoms with Gasteiger partial charge in [0.15, 0.2) is 0 Å². The van der Waals surface area contributed by atoms with Gasteiger partial charge in [0, 0.05) is 24.8 Å². The molecular weight excluding hydrogens is 232 g/mol. The van der Waals surface area contributed by atoms with Gasteiger partial charge >= 0.3 is 0 Å². The normalized spacial score (nSPS) is 12.1. The van der Waals surface area contributed by atoms with Gasteiger partial charge in [0.2, 0.25) is 0 Å². The molecule has 0 saturated carbocycles. The van der Waals surface area contributed by atoms with E-state index in [9.17, 15) is 15.2 Å². The van der Waals surface area contributed by atoms with Crippen LogP contribution in [-0.4, -0.2) is 15.0 Å². The molecule has 18 heavy (non-hydrogen) atoms. The average Bonchev–Trinajstić information content (AvgIpc) is 2.40. The Morgan fingerprint density at radius 2 is 1.94 bits per heavy atom. The molecule has 92 valence electrons. The predicted molar refractivity (Wildman–Crippen MR) is 66.0 cm³/mol. The van der Waals surface area contributed by atoms with Gasteiger partial charge in [-0.25, -0.2) is 0 Å². The molecule has 0 aliphatic rings. The quantitative estimate of drug-likeness (QED) is 0.661. The van der Waals surface area contributed by atoms with Crippen molar-refractivity contribution >= 4 is 5.69 Å². The number of hydrogen-bond acceptors (Lipinski definition) is 4. The topological polar surface area (TPSA) is 76.3 Å². The standard InChI is InChI=1S/C13H12N2O3/c16-13(12-3-1-2-8-14-12)9-10-4-6-11(7-5-10)15(17)18/h1-8,13,16H,9H2. The third-order valence-corrected chi connectivity index (χ3v) is 2.61. The van der Waals surface area contributed by atoms with Crippen molar-refractivity contribution in [3.63, 3.8) is 0 Å². The van der Waals surface area contributed by atoms with Crippen LogP contribution in [0.2, 0.25) is 0 Å². The molecule has 0 amide bonds. The van der Waals surface area contributed by atoms with Crippen LogP contribution in [-0.2, 0) is 6.42 Å². The molecular formula is C13H12N2O3. The molecule has 5 nitrogen and oxygen atoms in total. The van der Waals surface area contributed by atoms with Crippen molar-refractivity contribution in [2.45, 2.75) is 12.5 Å². The minimum Gasteiger partial charge on any atom is -0.386 e. The number of non-ortho nitro benzene ring substituents is 1. The molecule has 0 bridgehead atoms. The maximum absolute atomic E-state index is 10.5. The number of nitrogens with zero attached hydrogens (tertiary/aromatic N) is 2. The van der Waals surface area contributed by atoms with Crippen molar-refractivity contribution in [3.8, 4) is 0 Å². The third kappa shape index (κ3) is 2.89. The molecule has 0 aliphatic carbocycles. The van der Waals surface area contributed by atoms with Gasteiger partial charge in [-0.2, -0.15) is 0 Å². The van der Waals surface area contributed by atoms with Crippen LogP contribution in [0.3, 0.4) is 0 Å². The van der Waals surface area contributed by atoms with Crippen LogP contribution in [0, 0.1) is 10.1 Å². The lowest BCUT2D eigenvalue weighted by Gasteiger charge is -2.09. The van der Waals surface area contributed by atoms with Gasteiger partial charge in [-0.05, 0) is 17.7 Å². The molecule has 0 saturated heterocycles. The number of nitro groups is 1. The summed E-state index contributed by atoms with van der Waals surface area (Å²) in [7, 11) is 0. The minimum atomic E-state index is -0.701. The number of nitro benzene ring substituents is 1. The first kappa shape index (κ1) is 12.2. The highest BCUT2D eigenvalue weighted by Crippen LogP contribution is 2.18. The van der Waals surface area contributed by atoms with Crippen LogP contribution in [0.15, 0.2) is 48.7 Å².